The van der Waals surface area contributed by atoms with Gasteiger partial charge in [0.1, 0.15) is 0 Å². The number of sulfone groups is 1. The average Bonchev–Trinajstić information content (AvgIpc) is 2.82. The Morgan fingerprint density at radius 3 is 2.58 bits per heavy atom. The SMILES string of the molecule is NC1=NCC2(CCS(=O)(=O)C2)N1c1ccc(Br)cc1. The van der Waals surface area contributed by atoms with Crippen molar-refractivity contribution >= 4 is 37.4 Å². The highest BCUT2D eigenvalue weighted by atomic mass is 79.9. The predicted octanol–water partition coefficient (Wildman–Crippen LogP) is 1.14. The van der Waals surface area contributed by atoms with E-state index in [1.807, 2.05) is 29.2 Å². The number of nitrogens with two attached hydrogens (primary N) is 1. The maximum atomic E-state index is 11.8. The molecule has 0 bridgehead atoms. The van der Waals surface area contributed by atoms with Crippen molar-refractivity contribution in [2.75, 3.05) is 23.0 Å². The van der Waals surface area contributed by atoms with Gasteiger partial charge < -0.3 is 10.6 Å². The number of aliphatic imine (C=N–C) groups is 1. The second kappa shape index (κ2) is 4.21. The van der Waals surface area contributed by atoms with Crippen LogP contribution in [0.4, 0.5) is 5.69 Å². The van der Waals surface area contributed by atoms with E-state index in [0.717, 1.165) is 10.2 Å². The summed E-state index contributed by atoms with van der Waals surface area (Å²) in [6.45, 7) is 0.453. The van der Waals surface area contributed by atoms with Crippen LogP contribution in [-0.2, 0) is 9.84 Å². The van der Waals surface area contributed by atoms with Crippen molar-refractivity contribution in [1.82, 2.24) is 0 Å². The number of anilines is 1. The van der Waals surface area contributed by atoms with Gasteiger partial charge in [-0.25, -0.2) is 8.42 Å². The molecule has 102 valence electrons. The molecule has 5 nitrogen and oxygen atoms in total. The molecule has 7 heteroatoms. The molecule has 1 saturated heterocycles. The van der Waals surface area contributed by atoms with Crippen LogP contribution in [0.25, 0.3) is 0 Å². The first-order valence-electron chi connectivity index (χ1n) is 5.98. The fraction of sp³-hybridized carbons (Fsp3) is 0.417. The Hall–Kier alpha value is -1.08. The van der Waals surface area contributed by atoms with E-state index in [0.29, 0.717) is 18.9 Å². The van der Waals surface area contributed by atoms with E-state index in [9.17, 15) is 8.42 Å². The van der Waals surface area contributed by atoms with Crippen LogP contribution < -0.4 is 10.6 Å². The molecule has 1 unspecified atom stereocenters. The number of hydrogen-bond donors (Lipinski definition) is 1. The molecular formula is C12H14BrN3O2S. The molecule has 0 amide bonds. The molecule has 3 rings (SSSR count). The van der Waals surface area contributed by atoms with Crippen LogP contribution in [-0.4, -0.2) is 38.0 Å². The van der Waals surface area contributed by atoms with Gasteiger partial charge in [0.15, 0.2) is 15.8 Å². The fourth-order valence-electron chi connectivity index (χ4n) is 2.81. The third-order valence-electron chi connectivity index (χ3n) is 3.69. The monoisotopic (exact) mass is 343 g/mol. The Labute approximate surface area is 120 Å². The van der Waals surface area contributed by atoms with Crippen molar-refractivity contribution in [1.29, 1.82) is 0 Å². The molecule has 2 heterocycles. The van der Waals surface area contributed by atoms with Crippen LogP contribution in [0.5, 0.6) is 0 Å². The standard InChI is InChI=1S/C12H14BrN3O2S/c13-9-1-3-10(4-2-9)16-11(14)15-7-12(16)5-6-19(17,18)8-12/h1-4H,5-8H2,(H2,14,15). The summed E-state index contributed by atoms with van der Waals surface area (Å²) in [6, 6.07) is 7.67. The lowest BCUT2D eigenvalue weighted by molar-refractivity contribution is 0.513. The van der Waals surface area contributed by atoms with E-state index in [1.54, 1.807) is 0 Å². The second-order valence-corrected chi connectivity index (χ2v) is 8.15. The van der Waals surface area contributed by atoms with Gasteiger partial charge in [-0.3, -0.25) is 4.99 Å². The molecule has 2 aliphatic rings. The topological polar surface area (TPSA) is 75.8 Å². The van der Waals surface area contributed by atoms with Crippen LogP contribution in [0.2, 0.25) is 0 Å². The van der Waals surface area contributed by atoms with Gasteiger partial charge in [0.05, 0.1) is 23.6 Å². The van der Waals surface area contributed by atoms with Crippen LogP contribution in [0.15, 0.2) is 33.7 Å². The average molecular weight is 344 g/mol. The Morgan fingerprint density at radius 1 is 1.32 bits per heavy atom. The largest absolute Gasteiger partial charge is 0.369 e. The molecular weight excluding hydrogens is 330 g/mol. The summed E-state index contributed by atoms with van der Waals surface area (Å²) in [5, 5.41) is 0. The predicted molar refractivity (Wildman–Crippen MR) is 79.1 cm³/mol. The normalized spacial score (nSPS) is 28.9. The zero-order chi connectivity index (χ0) is 13.7. The Balaban J connectivity index is 2.02. The second-order valence-electron chi connectivity index (χ2n) is 5.05. The van der Waals surface area contributed by atoms with E-state index >= 15 is 0 Å². The maximum Gasteiger partial charge on any atom is 0.196 e. The highest BCUT2D eigenvalue weighted by Gasteiger charge is 2.50. The van der Waals surface area contributed by atoms with Crippen molar-refractivity contribution < 1.29 is 8.42 Å². The summed E-state index contributed by atoms with van der Waals surface area (Å²) in [7, 11) is -2.99. The molecule has 1 aromatic carbocycles. The minimum atomic E-state index is -2.99. The zero-order valence-electron chi connectivity index (χ0n) is 10.2. The van der Waals surface area contributed by atoms with Crippen molar-refractivity contribution in [3.63, 3.8) is 0 Å². The minimum absolute atomic E-state index is 0.125. The van der Waals surface area contributed by atoms with Crippen LogP contribution in [0.1, 0.15) is 6.42 Å². The van der Waals surface area contributed by atoms with Crippen molar-refractivity contribution in [3.8, 4) is 0 Å². The van der Waals surface area contributed by atoms with E-state index in [-0.39, 0.29) is 11.5 Å². The van der Waals surface area contributed by atoms with Gasteiger partial charge in [-0.15, -0.1) is 0 Å². The molecule has 1 aromatic rings. The van der Waals surface area contributed by atoms with Gasteiger partial charge in [-0.1, -0.05) is 15.9 Å². The lowest BCUT2D eigenvalue weighted by atomic mass is 9.97. The molecule has 19 heavy (non-hydrogen) atoms. The molecule has 2 aliphatic heterocycles. The fourth-order valence-corrected chi connectivity index (χ4v) is 5.09. The van der Waals surface area contributed by atoms with E-state index in [4.69, 9.17) is 5.73 Å². The summed E-state index contributed by atoms with van der Waals surface area (Å²) >= 11 is 3.39. The first-order valence-corrected chi connectivity index (χ1v) is 8.60. The maximum absolute atomic E-state index is 11.8. The van der Waals surface area contributed by atoms with Gasteiger partial charge in [0, 0.05) is 10.2 Å². The molecule has 0 radical (unpaired) electrons. The summed E-state index contributed by atoms with van der Waals surface area (Å²) in [6.07, 6.45) is 0.579. The number of halogens is 1. The lowest BCUT2D eigenvalue weighted by Gasteiger charge is -2.34. The third-order valence-corrected chi connectivity index (χ3v) is 6.02. The Morgan fingerprint density at radius 2 is 2.00 bits per heavy atom. The van der Waals surface area contributed by atoms with E-state index < -0.39 is 15.4 Å². The molecule has 0 aliphatic carbocycles. The van der Waals surface area contributed by atoms with Crippen molar-refractivity contribution in [2.45, 2.75) is 12.0 Å². The van der Waals surface area contributed by atoms with Gasteiger partial charge >= 0.3 is 0 Å². The lowest BCUT2D eigenvalue weighted by Crippen LogP contribution is -2.53. The van der Waals surface area contributed by atoms with Crippen molar-refractivity contribution in [3.05, 3.63) is 28.7 Å². The highest BCUT2D eigenvalue weighted by molar-refractivity contribution is 9.10. The van der Waals surface area contributed by atoms with Gasteiger partial charge in [0.25, 0.3) is 0 Å². The first kappa shape index (κ1) is 12.9. The Kier molecular flexibility index (Phi) is 2.86. The van der Waals surface area contributed by atoms with Gasteiger partial charge in [-0.05, 0) is 30.7 Å². The molecule has 2 N–H and O–H groups in total. The van der Waals surface area contributed by atoms with Gasteiger partial charge in [0.2, 0.25) is 0 Å². The zero-order valence-corrected chi connectivity index (χ0v) is 12.6. The highest BCUT2D eigenvalue weighted by Crippen LogP contribution is 2.37. The number of rotatable bonds is 1. The summed E-state index contributed by atoms with van der Waals surface area (Å²) in [4.78, 5) is 6.14. The van der Waals surface area contributed by atoms with E-state index in [2.05, 4.69) is 20.9 Å². The summed E-state index contributed by atoms with van der Waals surface area (Å²) < 4.78 is 24.6. The minimum Gasteiger partial charge on any atom is -0.369 e. The van der Waals surface area contributed by atoms with Crippen LogP contribution in [0.3, 0.4) is 0 Å². The quantitative estimate of drug-likeness (QED) is 0.829. The van der Waals surface area contributed by atoms with Crippen LogP contribution >= 0.6 is 15.9 Å². The number of hydrogen-bond acceptors (Lipinski definition) is 5. The molecule has 1 fully saturated rings. The molecule has 0 saturated carbocycles. The third kappa shape index (κ3) is 2.14. The first-order chi connectivity index (χ1) is 8.92. The Bertz CT molecular complexity index is 641. The number of benzene rings is 1. The molecule has 1 atom stereocenters. The summed E-state index contributed by atoms with van der Waals surface area (Å²) in [5.74, 6) is 0.739. The molecule has 1 spiro atoms. The van der Waals surface area contributed by atoms with Crippen molar-refractivity contribution in [2.24, 2.45) is 10.7 Å². The van der Waals surface area contributed by atoms with Gasteiger partial charge in [-0.2, -0.15) is 0 Å². The summed E-state index contributed by atoms with van der Waals surface area (Å²) in [5.41, 5.74) is 6.36. The van der Waals surface area contributed by atoms with Crippen LogP contribution in [0, 0.1) is 0 Å². The van der Waals surface area contributed by atoms with E-state index in [1.165, 1.54) is 0 Å². The smallest absolute Gasteiger partial charge is 0.196 e. The molecule has 0 aromatic heterocycles. The number of guanidine groups is 1. The number of nitrogens with zero attached hydrogens (tertiary/aromatic N) is 2.